The van der Waals surface area contributed by atoms with E-state index in [-0.39, 0.29) is 90.0 Å². The van der Waals surface area contributed by atoms with E-state index in [1.807, 2.05) is 127 Å². The van der Waals surface area contributed by atoms with Crippen LogP contribution >= 0.6 is 11.8 Å². The van der Waals surface area contributed by atoms with Crippen molar-refractivity contribution in [2.75, 3.05) is 54.7 Å². The molecular formula is C63H98N8O11S. The number of hydrazone groups is 1. The standard InChI is InChI=1S/C63H98N8O11S/c1-15-42(6)57(69(11)63(79)55(40(2)3)65-61(77)56(41(4)5)68(9)10)49(80-12)38-52(73)70-37-27-33-48(70)58(81-13)43(7)60(76)64-44(8)59(46-30-21-17-22-31-46)82-54(75)35-25-24-32-47(45-28-19-16-20-29-45)66-67-51(72)34-23-18-26-36-71-53(74)39-50(83-14)62(71)78/h16-17,19-22,28-31,40-44,48-50,55-59H,15,18,23-27,32-39H2,1-14H3,(H,64,76)(H,65,77)(H,67,72)/b66-47-/t42-,43+,44+,48-,49+,50?,55-,56-,57-,58+,59+/m0/s1. The summed E-state index contributed by atoms with van der Waals surface area (Å²) >= 11 is 1.39. The van der Waals surface area contributed by atoms with E-state index in [0.717, 1.165) is 5.56 Å². The number of likely N-dealkylation sites (tertiary alicyclic amines) is 2. The van der Waals surface area contributed by atoms with Gasteiger partial charge in [0.25, 0.3) is 0 Å². The van der Waals surface area contributed by atoms with Gasteiger partial charge in [0.05, 0.1) is 59.7 Å². The summed E-state index contributed by atoms with van der Waals surface area (Å²) in [5.41, 5.74) is 4.91. The van der Waals surface area contributed by atoms with Crippen LogP contribution in [0.15, 0.2) is 65.8 Å². The molecule has 462 valence electrons. The summed E-state index contributed by atoms with van der Waals surface area (Å²) in [5, 5.41) is 10.3. The maximum Gasteiger partial charge on any atom is 0.306 e. The number of nitrogens with one attached hydrogen (secondary N) is 3. The van der Waals surface area contributed by atoms with E-state index in [1.165, 1.54) is 16.7 Å². The van der Waals surface area contributed by atoms with Gasteiger partial charge >= 0.3 is 5.97 Å². The highest BCUT2D eigenvalue weighted by Gasteiger charge is 2.44. The number of nitrogens with zero attached hydrogens (tertiary/aromatic N) is 5. The summed E-state index contributed by atoms with van der Waals surface area (Å²) < 4.78 is 18.3. The molecule has 83 heavy (non-hydrogen) atoms. The Morgan fingerprint density at radius 3 is 2.00 bits per heavy atom. The Morgan fingerprint density at radius 2 is 1.42 bits per heavy atom. The molecule has 0 aromatic heterocycles. The average molecular weight is 1180 g/mol. The molecule has 20 heteroatoms. The number of imide groups is 1. The quantitative estimate of drug-likeness (QED) is 0.0200. The van der Waals surface area contributed by atoms with Crippen LogP contribution in [0.2, 0.25) is 0 Å². The van der Waals surface area contributed by atoms with Crippen molar-refractivity contribution in [1.29, 1.82) is 0 Å². The molecule has 4 rings (SSSR count). The van der Waals surface area contributed by atoms with Crippen LogP contribution in [-0.2, 0) is 52.6 Å². The van der Waals surface area contributed by atoms with Gasteiger partial charge in [-0.1, -0.05) is 122 Å². The van der Waals surface area contributed by atoms with Gasteiger partial charge in [-0.05, 0) is 101 Å². The average Bonchev–Trinajstić information content (AvgIpc) is 4.30. The van der Waals surface area contributed by atoms with Crippen molar-refractivity contribution in [3.05, 3.63) is 71.8 Å². The summed E-state index contributed by atoms with van der Waals surface area (Å²) in [4.78, 5) is 115. The van der Waals surface area contributed by atoms with E-state index < -0.39 is 60.4 Å². The van der Waals surface area contributed by atoms with Crippen molar-refractivity contribution in [2.45, 2.75) is 193 Å². The van der Waals surface area contributed by atoms with Crippen molar-refractivity contribution in [2.24, 2.45) is 28.8 Å². The third-order valence-corrected chi connectivity index (χ3v) is 17.3. The molecule has 0 spiro atoms. The molecular weight excluding hydrogens is 1080 g/mol. The number of ether oxygens (including phenoxy) is 3. The lowest BCUT2D eigenvalue weighted by atomic mass is 9.89. The number of thioether (sulfide) groups is 1. The predicted octanol–water partition coefficient (Wildman–Crippen LogP) is 7.55. The number of methoxy groups -OCH3 is 2. The number of rotatable bonds is 35. The molecule has 2 heterocycles. The Balaban J connectivity index is 1.37. The Bertz CT molecular complexity index is 2440. The van der Waals surface area contributed by atoms with Gasteiger partial charge in [0.1, 0.15) is 12.1 Å². The second-order valence-corrected chi connectivity index (χ2v) is 24.4. The summed E-state index contributed by atoms with van der Waals surface area (Å²) in [7, 11) is 8.51. The molecule has 2 fully saturated rings. The number of carbonyl (C=O) groups is 8. The molecule has 1 unspecified atom stereocenters. The van der Waals surface area contributed by atoms with Crippen molar-refractivity contribution < 1.29 is 52.6 Å². The zero-order valence-electron chi connectivity index (χ0n) is 52.0. The van der Waals surface area contributed by atoms with E-state index >= 15 is 0 Å². The lowest BCUT2D eigenvalue weighted by Gasteiger charge is -2.41. The highest BCUT2D eigenvalue weighted by molar-refractivity contribution is 8.00. The van der Waals surface area contributed by atoms with E-state index in [9.17, 15) is 38.4 Å². The summed E-state index contributed by atoms with van der Waals surface area (Å²) in [5.74, 6) is -2.95. The van der Waals surface area contributed by atoms with Crippen LogP contribution in [0.5, 0.6) is 0 Å². The number of likely N-dealkylation sites (N-methyl/N-ethyl adjacent to an activating group) is 2. The minimum Gasteiger partial charge on any atom is -0.455 e. The van der Waals surface area contributed by atoms with Gasteiger partial charge < -0.3 is 34.6 Å². The van der Waals surface area contributed by atoms with Gasteiger partial charge in [-0.25, -0.2) is 5.43 Å². The van der Waals surface area contributed by atoms with Gasteiger partial charge in [0, 0.05) is 53.6 Å². The van der Waals surface area contributed by atoms with Crippen molar-refractivity contribution in [3.8, 4) is 0 Å². The lowest BCUT2D eigenvalue weighted by molar-refractivity contribution is -0.152. The number of benzene rings is 2. The first-order chi connectivity index (χ1) is 39.5. The molecule has 0 saturated carbocycles. The highest BCUT2D eigenvalue weighted by Crippen LogP contribution is 2.31. The fraction of sp³-hybridized carbons (Fsp3) is 0.667. The van der Waals surface area contributed by atoms with Crippen LogP contribution in [-0.4, -0.2) is 175 Å². The number of hydrogen-bond acceptors (Lipinski definition) is 14. The molecule has 0 bridgehead atoms. The molecule has 0 radical (unpaired) electrons. The van der Waals surface area contributed by atoms with Crippen LogP contribution in [0.25, 0.3) is 0 Å². The maximum absolute atomic E-state index is 14.6. The molecule has 2 aromatic carbocycles. The fourth-order valence-corrected chi connectivity index (χ4v) is 12.2. The third kappa shape index (κ3) is 20.2. The zero-order chi connectivity index (χ0) is 61.5. The normalized spacial score (nSPS) is 19.0. The SMILES string of the molecule is CC[C@H](C)[C@@H]([C@@H](CC(=O)N1CCC[C@H]1[C@H](OC)[C@@H](C)C(=O)N[C@H](C)[C@@H](OC(=O)CCCC/C(=N/NC(=O)CCCCCN1C(=O)CC(SC)C1=O)c1ccccc1)c1ccccc1)OC)N(C)C(=O)[C@@H](NC(=O)[C@H](C(C)C)N(C)C)C(C)C. The van der Waals surface area contributed by atoms with Crippen molar-refractivity contribution in [3.63, 3.8) is 0 Å². The first-order valence-electron chi connectivity index (χ1n) is 29.9. The van der Waals surface area contributed by atoms with Gasteiger partial charge in [-0.3, -0.25) is 48.2 Å². The molecule has 3 N–H and O–H groups in total. The van der Waals surface area contributed by atoms with Gasteiger partial charge in [-0.15, -0.1) is 0 Å². The second kappa shape index (κ2) is 34.9. The Morgan fingerprint density at radius 1 is 0.783 bits per heavy atom. The van der Waals surface area contributed by atoms with E-state index in [0.29, 0.717) is 82.2 Å². The monoisotopic (exact) mass is 1170 g/mol. The largest absolute Gasteiger partial charge is 0.455 e. The minimum absolute atomic E-state index is 0.0151. The predicted molar refractivity (Wildman–Crippen MR) is 325 cm³/mol. The number of carbonyl (C=O) groups excluding carboxylic acids is 8. The number of esters is 1. The number of unbranched alkanes of at least 4 members (excludes halogenated alkanes) is 3. The third-order valence-electron chi connectivity index (χ3n) is 16.4. The molecule has 2 aromatic rings. The molecule has 2 aliphatic heterocycles. The Kier molecular flexibility index (Phi) is 29.4. The molecule has 2 saturated heterocycles. The van der Waals surface area contributed by atoms with Gasteiger partial charge in [-0.2, -0.15) is 16.9 Å². The maximum atomic E-state index is 14.6. The first kappa shape index (κ1) is 69.8. The first-order valence-corrected chi connectivity index (χ1v) is 31.2. The van der Waals surface area contributed by atoms with E-state index in [1.54, 1.807) is 44.9 Å². The van der Waals surface area contributed by atoms with Crippen LogP contribution < -0.4 is 16.1 Å². The minimum atomic E-state index is -0.823. The lowest BCUT2D eigenvalue weighted by Crippen LogP contribution is -2.59. The molecule has 19 nitrogen and oxygen atoms in total. The van der Waals surface area contributed by atoms with Crippen molar-refractivity contribution >= 4 is 64.8 Å². The smallest absolute Gasteiger partial charge is 0.306 e. The van der Waals surface area contributed by atoms with Crippen LogP contribution in [0.4, 0.5) is 0 Å². The fourth-order valence-electron chi connectivity index (χ4n) is 11.6. The zero-order valence-corrected chi connectivity index (χ0v) is 52.8. The van der Waals surface area contributed by atoms with Gasteiger partial charge in [0.2, 0.25) is 41.4 Å². The van der Waals surface area contributed by atoms with Crippen LogP contribution in [0.1, 0.15) is 156 Å². The highest BCUT2D eigenvalue weighted by atomic mass is 32.2. The van der Waals surface area contributed by atoms with Gasteiger partial charge in [0.15, 0.2) is 0 Å². The van der Waals surface area contributed by atoms with Crippen LogP contribution in [0.3, 0.4) is 0 Å². The summed E-state index contributed by atoms with van der Waals surface area (Å²) in [6, 6.07) is 15.9. The van der Waals surface area contributed by atoms with E-state index in [4.69, 9.17) is 14.2 Å². The molecule has 11 atom stereocenters. The molecule has 0 aliphatic carbocycles. The summed E-state index contributed by atoms with van der Waals surface area (Å²) in [6.07, 6.45) is 5.59. The Labute approximate surface area is 498 Å². The van der Waals surface area contributed by atoms with E-state index in [2.05, 4.69) is 21.2 Å². The number of amides is 7. The second-order valence-electron chi connectivity index (χ2n) is 23.4. The topological polar surface area (TPSA) is 226 Å². The van der Waals surface area contributed by atoms with Crippen molar-refractivity contribution in [1.82, 2.24) is 35.7 Å². The van der Waals surface area contributed by atoms with Crippen LogP contribution in [0, 0.1) is 23.7 Å². The number of hydrogen-bond donors (Lipinski definition) is 3. The Hall–Kier alpha value is -5.70. The molecule has 2 aliphatic rings. The molecule has 7 amide bonds. The summed E-state index contributed by atoms with van der Waals surface area (Å²) in [6.45, 7) is 16.2.